The lowest BCUT2D eigenvalue weighted by molar-refractivity contribution is 0.0491. The van der Waals surface area contributed by atoms with Gasteiger partial charge in [-0.05, 0) is 64.0 Å². The van der Waals surface area contributed by atoms with Crippen molar-refractivity contribution in [2.45, 2.75) is 58.7 Å². The van der Waals surface area contributed by atoms with Crippen LogP contribution in [0.1, 0.15) is 44.9 Å². The molecule has 1 saturated carbocycles. The largest absolute Gasteiger partial charge is 0.444 e. The maximum atomic E-state index is 12.1. The number of hydrogen-bond acceptors (Lipinski definition) is 4. The van der Waals surface area contributed by atoms with Crippen LogP contribution in [0, 0.1) is 18.8 Å². The van der Waals surface area contributed by atoms with E-state index < -0.39 is 5.60 Å². The van der Waals surface area contributed by atoms with Crippen molar-refractivity contribution in [3.05, 3.63) is 29.6 Å². The Hall–Kier alpha value is -1.62. The van der Waals surface area contributed by atoms with Gasteiger partial charge in [0.05, 0.1) is 0 Å². The van der Waals surface area contributed by atoms with Crippen LogP contribution in [-0.4, -0.2) is 40.7 Å². The number of hydrogen-bond donors (Lipinski definition) is 1. The van der Waals surface area contributed by atoms with Crippen molar-refractivity contribution in [3.63, 3.8) is 0 Å². The smallest absolute Gasteiger partial charge is 0.407 e. The van der Waals surface area contributed by atoms with Crippen molar-refractivity contribution < 1.29 is 9.53 Å². The summed E-state index contributed by atoms with van der Waals surface area (Å²) in [5.41, 5.74) is 1.97. The first kappa shape index (κ1) is 17.2. The van der Waals surface area contributed by atoms with Crippen LogP contribution in [0.4, 0.5) is 4.79 Å². The van der Waals surface area contributed by atoms with Crippen molar-refractivity contribution >= 4 is 6.09 Å². The lowest BCUT2D eigenvalue weighted by Gasteiger charge is -2.25. The van der Waals surface area contributed by atoms with Crippen molar-refractivity contribution in [2.24, 2.45) is 11.8 Å². The molecule has 1 saturated heterocycles. The molecule has 0 radical (unpaired) electrons. The summed E-state index contributed by atoms with van der Waals surface area (Å²) in [6.45, 7) is 10.9. The molecule has 1 aromatic heterocycles. The first-order valence-corrected chi connectivity index (χ1v) is 8.94. The molecule has 3 rings (SSSR count). The summed E-state index contributed by atoms with van der Waals surface area (Å²) in [6.07, 6.45) is 3.81. The van der Waals surface area contributed by atoms with Gasteiger partial charge in [0.15, 0.2) is 0 Å². The van der Waals surface area contributed by atoms with Crippen LogP contribution in [0.15, 0.2) is 18.3 Å². The zero-order chi connectivity index (χ0) is 17.3. The number of pyridine rings is 1. The first-order valence-electron chi connectivity index (χ1n) is 8.94. The van der Waals surface area contributed by atoms with Gasteiger partial charge in [-0.2, -0.15) is 0 Å². The predicted octanol–water partition coefficient (Wildman–Crippen LogP) is 3.13. The van der Waals surface area contributed by atoms with Crippen LogP contribution in [0.25, 0.3) is 0 Å². The number of fused-ring (bicyclic) bond motifs is 1. The fourth-order valence-corrected chi connectivity index (χ4v) is 4.05. The summed E-state index contributed by atoms with van der Waals surface area (Å²) < 4.78 is 5.41. The molecule has 1 aliphatic heterocycles. The molecule has 2 heterocycles. The van der Waals surface area contributed by atoms with Crippen molar-refractivity contribution in [3.8, 4) is 0 Å². The van der Waals surface area contributed by atoms with Crippen molar-refractivity contribution in [1.82, 2.24) is 15.2 Å². The van der Waals surface area contributed by atoms with E-state index in [1.165, 1.54) is 12.0 Å². The Morgan fingerprint density at radius 2 is 2.17 bits per heavy atom. The third kappa shape index (κ3) is 4.07. The molecule has 0 bridgehead atoms. The van der Waals surface area contributed by atoms with Gasteiger partial charge < -0.3 is 10.1 Å². The summed E-state index contributed by atoms with van der Waals surface area (Å²) in [4.78, 5) is 18.9. The SMILES string of the molecule is Cc1ncccc1CN1C[C@@H]2CC[C@@H](NC(=O)OC(C)(C)C)[C@@H]2C1. The van der Waals surface area contributed by atoms with E-state index in [2.05, 4.69) is 28.2 Å². The molecule has 132 valence electrons. The standard InChI is InChI=1S/C19H29N3O2/c1-13-14(6-5-9-20-13)10-22-11-15-7-8-17(16(15)12-22)21-18(23)24-19(2,3)4/h5-6,9,15-17H,7-8,10-12H2,1-4H3,(H,21,23)/t15-,16+,17+/m0/s1. The average Bonchev–Trinajstić information content (AvgIpc) is 3.01. The van der Waals surface area contributed by atoms with Gasteiger partial charge in [0.25, 0.3) is 0 Å². The maximum Gasteiger partial charge on any atom is 0.407 e. The summed E-state index contributed by atoms with van der Waals surface area (Å²) >= 11 is 0. The normalized spacial score (nSPS) is 27.1. The molecule has 1 aliphatic carbocycles. The topological polar surface area (TPSA) is 54.5 Å². The Labute approximate surface area is 144 Å². The molecule has 3 atom stereocenters. The molecule has 1 aromatic rings. The highest BCUT2D eigenvalue weighted by Gasteiger charge is 2.43. The van der Waals surface area contributed by atoms with Gasteiger partial charge in [-0.1, -0.05) is 6.07 Å². The summed E-state index contributed by atoms with van der Waals surface area (Å²) in [5.74, 6) is 1.22. The molecule has 5 nitrogen and oxygen atoms in total. The molecule has 0 unspecified atom stereocenters. The number of carbonyl (C=O) groups excluding carboxylic acids is 1. The molecular weight excluding hydrogens is 302 g/mol. The van der Waals surface area contributed by atoms with E-state index in [9.17, 15) is 4.79 Å². The monoisotopic (exact) mass is 331 g/mol. The highest BCUT2D eigenvalue weighted by molar-refractivity contribution is 5.68. The molecular formula is C19H29N3O2. The minimum absolute atomic E-state index is 0.241. The molecule has 0 spiro atoms. The average molecular weight is 331 g/mol. The lowest BCUT2D eigenvalue weighted by atomic mass is 9.98. The Morgan fingerprint density at radius 3 is 2.88 bits per heavy atom. The highest BCUT2D eigenvalue weighted by atomic mass is 16.6. The molecule has 1 amide bonds. The Kier molecular flexibility index (Phi) is 4.81. The second-order valence-corrected chi connectivity index (χ2v) is 8.20. The molecule has 24 heavy (non-hydrogen) atoms. The molecule has 2 fully saturated rings. The fraction of sp³-hybridized carbons (Fsp3) is 0.684. The number of nitrogens with one attached hydrogen (secondary N) is 1. The number of rotatable bonds is 3. The number of alkyl carbamates (subject to hydrolysis) is 1. The molecule has 5 heteroatoms. The first-order chi connectivity index (χ1) is 11.3. The third-order valence-corrected chi connectivity index (χ3v) is 5.14. The van der Waals surface area contributed by atoms with Gasteiger partial charge in [0.1, 0.15) is 5.60 Å². The molecule has 0 aromatic carbocycles. The molecule has 2 aliphatic rings. The van der Waals surface area contributed by atoms with E-state index >= 15 is 0 Å². The number of amides is 1. The summed E-state index contributed by atoms with van der Waals surface area (Å²) in [6, 6.07) is 4.41. The number of aryl methyl sites for hydroxylation is 1. The Morgan fingerprint density at radius 1 is 1.38 bits per heavy atom. The summed E-state index contributed by atoms with van der Waals surface area (Å²) in [7, 11) is 0. The van der Waals surface area contributed by atoms with E-state index in [4.69, 9.17) is 4.74 Å². The van der Waals surface area contributed by atoms with Gasteiger partial charge >= 0.3 is 6.09 Å². The minimum atomic E-state index is -0.443. The van der Waals surface area contributed by atoms with Crippen molar-refractivity contribution in [2.75, 3.05) is 13.1 Å². The van der Waals surface area contributed by atoms with Gasteiger partial charge in [0, 0.05) is 37.6 Å². The van der Waals surface area contributed by atoms with Crippen molar-refractivity contribution in [1.29, 1.82) is 0 Å². The van der Waals surface area contributed by atoms with E-state index in [-0.39, 0.29) is 12.1 Å². The maximum absolute atomic E-state index is 12.1. The quantitative estimate of drug-likeness (QED) is 0.924. The Balaban J connectivity index is 1.56. The fourth-order valence-electron chi connectivity index (χ4n) is 4.05. The number of aromatic nitrogens is 1. The Bertz CT molecular complexity index is 597. The van der Waals surface area contributed by atoms with E-state index in [0.717, 1.165) is 31.7 Å². The number of ether oxygens (including phenoxy) is 1. The van der Waals surface area contributed by atoms with Crippen LogP contribution in [0.3, 0.4) is 0 Å². The minimum Gasteiger partial charge on any atom is -0.444 e. The zero-order valence-electron chi connectivity index (χ0n) is 15.2. The van der Waals surface area contributed by atoms with Gasteiger partial charge in [0.2, 0.25) is 0 Å². The number of carbonyl (C=O) groups is 1. The highest BCUT2D eigenvalue weighted by Crippen LogP contribution is 2.38. The van der Waals surface area contributed by atoms with E-state index in [1.807, 2.05) is 33.0 Å². The van der Waals surface area contributed by atoms with Gasteiger partial charge in [-0.15, -0.1) is 0 Å². The molecule has 1 N–H and O–H groups in total. The van der Waals surface area contributed by atoms with Crippen LogP contribution in [0.5, 0.6) is 0 Å². The van der Waals surface area contributed by atoms with Gasteiger partial charge in [-0.3, -0.25) is 9.88 Å². The predicted molar refractivity (Wildman–Crippen MR) is 93.6 cm³/mol. The third-order valence-electron chi connectivity index (χ3n) is 5.14. The second-order valence-electron chi connectivity index (χ2n) is 8.20. The summed E-state index contributed by atoms with van der Waals surface area (Å²) in [5, 5.41) is 3.10. The zero-order valence-corrected chi connectivity index (χ0v) is 15.2. The van der Waals surface area contributed by atoms with Crippen LogP contribution >= 0.6 is 0 Å². The van der Waals surface area contributed by atoms with Crippen LogP contribution in [0.2, 0.25) is 0 Å². The van der Waals surface area contributed by atoms with E-state index in [0.29, 0.717) is 11.8 Å². The van der Waals surface area contributed by atoms with Crippen LogP contribution < -0.4 is 5.32 Å². The lowest BCUT2D eigenvalue weighted by Crippen LogP contribution is -2.42. The van der Waals surface area contributed by atoms with E-state index in [1.54, 1.807) is 0 Å². The van der Waals surface area contributed by atoms with Crippen LogP contribution in [-0.2, 0) is 11.3 Å². The number of nitrogens with zero attached hydrogens (tertiary/aromatic N) is 2. The number of likely N-dealkylation sites (tertiary alicyclic amines) is 1. The van der Waals surface area contributed by atoms with Gasteiger partial charge in [-0.25, -0.2) is 4.79 Å². The second kappa shape index (κ2) is 6.71.